The van der Waals surface area contributed by atoms with Crippen molar-refractivity contribution in [1.29, 1.82) is 0 Å². The number of Topliss-reactive ketones (excluding diaryl/α,β-unsaturated/α-hetero) is 1. The summed E-state index contributed by atoms with van der Waals surface area (Å²) in [6, 6.07) is 15.0. The Hall–Kier alpha value is -3.87. The van der Waals surface area contributed by atoms with E-state index in [2.05, 4.69) is 9.97 Å². The molecule has 0 aliphatic carbocycles. The summed E-state index contributed by atoms with van der Waals surface area (Å²) >= 11 is 0. The van der Waals surface area contributed by atoms with Gasteiger partial charge in [0.2, 0.25) is 0 Å². The van der Waals surface area contributed by atoms with Crippen LogP contribution in [0.2, 0.25) is 0 Å². The van der Waals surface area contributed by atoms with Gasteiger partial charge in [-0.15, -0.1) is 0 Å². The summed E-state index contributed by atoms with van der Waals surface area (Å²) in [7, 11) is 3.12. The number of ether oxygens (including phenoxy) is 2. The molecule has 31 heavy (non-hydrogen) atoms. The number of para-hydroxylation sites is 1. The van der Waals surface area contributed by atoms with Crippen LogP contribution in [0, 0.1) is 5.92 Å². The third-order valence-electron chi connectivity index (χ3n) is 5.35. The van der Waals surface area contributed by atoms with Gasteiger partial charge in [0.25, 0.3) is 0 Å². The van der Waals surface area contributed by atoms with E-state index < -0.39 is 11.9 Å². The molecule has 7 heteroatoms. The van der Waals surface area contributed by atoms with Gasteiger partial charge in [0.1, 0.15) is 5.69 Å². The van der Waals surface area contributed by atoms with E-state index in [0.717, 1.165) is 27.4 Å². The number of hydrogen-bond acceptors (Lipinski definition) is 5. The number of ketones is 1. The number of nitrogens with one attached hydrogen (secondary N) is 1. The van der Waals surface area contributed by atoms with Gasteiger partial charge in [-0.25, -0.2) is 4.98 Å². The highest BCUT2D eigenvalue weighted by Crippen LogP contribution is 2.37. The maximum absolute atomic E-state index is 12.9. The highest BCUT2D eigenvalue weighted by atomic mass is 16.5. The number of H-pyrrole nitrogens is 1. The summed E-state index contributed by atoms with van der Waals surface area (Å²) in [6.07, 6.45) is -0.123. The van der Waals surface area contributed by atoms with Crippen LogP contribution in [-0.2, 0) is 4.79 Å². The number of aromatic amines is 1. The summed E-state index contributed by atoms with van der Waals surface area (Å²) in [4.78, 5) is 32.2. The second-order valence-electron chi connectivity index (χ2n) is 7.39. The van der Waals surface area contributed by atoms with Crippen molar-refractivity contribution in [3.63, 3.8) is 0 Å². The zero-order chi connectivity index (χ0) is 22.1. The lowest BCUT2D eigenvalue weighted by atomic mass is 10.0. The third-order valence-corrected chi connectivity index (χ3v) is 5.35. The maximum Gasteiger partial charge on any atom is 0.306 e. The molecule has 2 aromatic heterocycles. The van der Waals surface area contributed by atoms with Crippen molar-refractivity contribution in [2.45, 2.75) is 13.3 Å². The largest absolute Gasteiger partial charge is 0.493 e. The number of aliphatic carboxylic acids is 1. The number of nitrogens with zero attached hydrogens (tertiary/aromatic N) is 1. The van der Waals surface area contributed by atoms with E-state index in [0.29, 0.717) is 17.2 Å². The van der Waals surface area contributed by atoms with E-state index in [1.165, 1.54) is 6.92 Å². The zero-order valence-electron chi connectivity index (χ0n) is 17.4. The van der Waals surface area contributed by atoms with Crippen molar-refractivity contribution in [1.82, 2.24) is 9.97 Å². The molecule has 0 spiro atoms. The zero-order valence-corrected chi connectivity index (χ0v) is 17.4. The van der Waals surface area contributed by atoms with Crippen LogP contribution >= 0.6 is 0 Å². The van der Waals surface area contributed by atoms with Gasteiger partial charge in [-0.05, 0) is 30.3 Å². The molecule has 2 N–H and O–H groups in total. The quantitative estimate of drug-likeness (QED) is 0.422. The summed E-state index contributed by atoms with van der Waals surface area (Å²) in [6.45, 7) is 1.51. The monoisotopic (exact) mass is 418 g/mol. The van der Waals surface area contributed by atoms with Crippen molar-refractivity contribution >= 4 is 33.6 Å². The number of aromatic nitrogens is 2. The van der Waals surface area contributed by atoms with Gasteiger partial charge >= 0.3 is 5.97 Å². The summed E-state index contributed by atoms with van der Waals surface area (Å²) < 4.78 is 10.8. The number of carbonyl (C=O) groups excluding carboxylic acids is 1. The molecule has 0 radical (unpaired) electrons. The van der Waals surface area contributed by atoms with Gasteiger partial charge in [0, 0.05) is 28.3 Å². The second kappa shape index (κ2) is 8.10. The van der Waals surface area contributed by atoms with Crippen molar-refractivity contribution in [2.75, 3.05) is 14.2 Å². The minimum Gasteiger partial charge on any atom is -0.493 e. The highest BCUT2D eigenvalue weighted by molar-refractivity contribution is 6.13. The van der Waals surface area contributed by atoms with Gasteiger partial charge in [-0.2, -0.15) is 0 Å². The number of rotatable bonds is 7. The summed E-state index contributed by atoms with van der Waals surface area (Å²) in [5.74, 6) is -0.994. The molecule has 0 aliphatic heterocycles. The Morgan fingerprint density at radius 1 is 1.03 bits per heavy atom. The number of benzene rings is 2. The van der Waals surface area contributed by atoms with Gasteiger partial charge in [0.05, 0.1) is 31.3 Å². The van der Waals surface area contributed by atoms with Crippen molar-refractivity contribution in [3.8, 4) is 22.8 Å². The van der Waals surface area contributed by atoms with Gasteiger partial charge in [-0.1, -0.05) is 25.1 Å². The van der Waals surface area contributed by atoms with E-state index >= 15 is 0 Å². The molecule has 2 aromatic carbocycles. The molecular formula is C24H22N2O5. The van der Waals surface area contributed by atoms with Crippen LogP contribution in [0.1, 0.15) is 23.8 Å². The van der Waals surface area contributed by atoms with Crippen molar-refractivity contribution in [3.05, 3.63) is 54.2 Å². The first kappa shape index (κ1) is 20.4. The Morgan fingerprint density at radius 2 is 1.77 bits per heavy atom. The molecule has 7 nitrogen and oxygen atoms in total. The first-order valence-electron chi connectivity index (χ1n) is 9.82. The number of carboxylic acid groups (broad SMARTS) is 1. The fourth-order valence-electron chi connectivity index (χ4n) is 3.65. The number of carbonyl (C=O) groups is 2. The lowest BCUT2D eigenvalue weighted by molar-refractivity contribution is -0.141. The summed E-state index contributed by atoms with van der Waals surface area (Å²) in [5, 5.41) is 11.0. The maximum atomic E-state index is 12.9. The molecule has 1 unspecified atom stereocenters. The molecule has 2 heterocycles. The molecule has 0 aliphatic rings. The normalized spacial score (nSPS) is 12.1. The van der Waals surface area contributed by atoms with Crippen molar-refractivity contribution < 1.29 is 24.2 Å². The fraction of sp³-hybridized carbons (Fsp3) is 0.208. The number of hydrogen-bond donors (Lipinski definition) is 2. The number of methoxy groups -OCH3 is 2. The highest BCUT2D eigenvalue weighted by Gasteiger charge is 2.21. The third kappa shape index (κ3) is 3.70. The molecule has 0 saturated heterocycles. The molecule has 0 fully saturated rings. The number of carboxylic acids is 1. The SMILES string of the molecule is COc1ccc(-c2nc(C(=O)CC(C)C(=O)O)cc3c2[nH]c2ccccc23)cc1OC. The Kier molecular flexibility index (Phi) is 5.33. The van der Waals surface area contributed by atoms with E-state index in [1.807, 2.05) is 30.3 Å². The van der Waals surface area contributed by atoms with Gasteiger partial charge in [0.15, 0.2) is 17.3 Å². The summed E-state index contributed by atoms with van der Waals surface area (Å²) in [5.41, 5.74) is 3.27. The number of pyridine rings is 1. The van der Waals surface area contributed by atoms with E-state index in [9.17, 15) is 14.7 Å². The molecule has 0 bridgehead atoms. The Morgan fingerprint density at radius 3 is 2.48 bits per heavy atom. The van der Waals surface area contributed by atoms with E-state index in [1.54, 1.807) is 32.4 Å². The number of fused-ring (bicyclic) bond motifs is 3. The molecular weight excluding hydrogens is 396 g/mol. The van der Waals surface area contributed by atoms with Crippen LogP contribution in [0.25, 0.3) is 33.1 Å². The van der Waals surface area contributed by atoms with Gasteiger partial charge < -0.3 is 19.6 Å². The molecule has 0 amide bonds. The molecule has 158 valence electrons. The second-order valence-corrected chi connectivity index (χ2v) is 7.39. The van der Waals surface area contributed by atoms with Crippen LogP contribution in [0.3, 0.4) is 0 Å². The molecule has 1 atom stereocenters. The predicted molar refractivity (Wildman–Crippen MR) is 118 cm³/mol. The first-order valence-corrected chi connectivity index (χ1v) is 9.82. The van der Waals surface area contributed by atoms with Crippen LogP contribution in [-0.4, -0.2) is 41.0 Å². The van der Waals surface area contributed by atoms with Gasteiger partial charge in [-0.3, -0.25) is 9.59 Å². The van der Waals surface area contributed by atoms with E-state index in [-0.39, 0.29) is 17.9 Å². The topological polar surface area (TPSA) is 102 Å². The van der Waals surface area contributed by atoms with Crippen LogP contribution in [0.4, 0.5) is 0 Å². The fourth-order valence-corrected chi connectivity index (χ4v) is 3.65. The lowest BCUT2D eigenvalue weighted by Gasteiger charge is -2.11. The van der Waals surface area contributed by atoms with Crippen LogP contribution in [0.5, 0.6) is 11.5 Å². The Labute approximate surface area is 178 Å². The Balaban J connectivity index is 1.95. The average Bonchev–Trinajstić information content (AvgIpc) is 3.16. The first-order chi connectivity index (χ1) is 14.9. The Bertz CT molecular complexity index is 1310. The standard InChI is InChI=1S/C24H22N2O5/c1-13(24(28)29)10-19(27)18-12-16-15-6-4-5-7-17(15)25-23(16)22(26-18)14-8-9-20(30-2)21(11-14)31-3/h4-9,11-13,25H,10H2,1-3H3,(H,28,29). The van der Waals surface area contributed by atoms with Crippen LogP contribution in [0.15, 0.2) is 48.5 Å². The average molecular weight is 418 g/mol. The molecule has 0 saturated carbocycles. The minimum atomic E-state index is -1.01. The minimum absolute atomic E-state index is 0.123. The smallest absolute Gasteiger partial charge is 0.306 e. The van der Waals surface area contributed by atoms with E-state index in [4.69, 9.17) is 9.47 Å². The van der Waals surface area contributed by atoms with Crippen LogP contribution < -0.4 is 9.47 Å². The molecule has 4 aromatic rings. The lowest BCUT2D eigenvalue weighted by Crippen LogP contribution is -2.15. The van der Waals surface area contributed by atoms with Crippen molar-refractivity contribution in [2.24, 2.45) is 5.92 Å². The molecule has 4 rings (SSSR count). The predicted octanol–water partition coefficient (Wildman–Crippen LogP) is 4.69.